The van der Waals surface area contributed by atoms with E-state index in [1.807, 2.05) is 0 Å². The fraction of sp³-hybridized carbons (Fsp3) is 0.400. The second kappa shape index (κ2) is 5.19. The minimum absolute atomic E-state index is 0.0176. The Morgan fingerprint density at radius 1 is 1.60 bits per heavy atom. The highest BCUT2D eigenvalue weighted by Gasteiger charge is 1.98. The molecule has 5 nitrogen and oxygen atoms in total. The van der Waals surface area contributed by atoms with Crippen molar-refractivity contribution in [3.8, 4) is 0 Å². The molecule has 5 heteroatoms. The van der Waals surface area contributed by atoms with Gasteiger partial charge in [0.05, 0.1) is 5.69 Å². The highest BCUT2D eigenvalue weighted by molar-refractivity contribution is 5.75. The molecule has 0 aliphatic rings. The zero-order valence-electron chi connectivity index (χ0n) is 8.69. The first-order valence-electron chi connectivity index (χ1n) is 4.79. The molecular formula is C10H15N3O2. The normalized spacial score (nSPS) is 9.93. The first kappa shape index (κ1) is 11.3. The average Bonchev–Trinajstić information content (AvgIpc) is 2.23. The number of rotatable bonds is 4. The first-order valence-corrected chi connectivity index (χ1v) is 4.79. The van der Waals surface area contributed by atoms with Crippen LogP contribution in [-0.4, -0.2) is 17.5 Å². The molecule has 0 bridgehead atoms. The quantitative estimate of drug-likeness (QED) is 0.730. The number of carbonyl (C=O) groups excluding carboxylic acids is 1. The molecule has 1 aromatic rings. The number of nitrogen functional groups attached to an aromatic ring is 1. The predicted octanol–water partition coefficient (Wildman–Crippen LogP) is -0.0433. The van der Waals surface area contributed by atoms with Crippen LogP contribution < -0.4 is 16.5 Å². The number of nitrogens with zero attached hydrogens (tertiary/aromatic N) is 1. The van der Waals surface area contributed by atoms with Gasteiger partial charge in [0.25, 0.3) is 0 Å². The molecule has 0 fully saturated rings. The molecule has 0 aliphatic carbocycles. The molecule has 3 N–H and O–H groups in total. The number of amides is 1. The van der Waals surface area contributed by atoms with E-state index < -0.39 is 0 Å². The summed E-state index contributed by atoms with van der Waals surface area (Å²) < 4.78 is 1.81. The van der Waals surface area contributed by atoms with E-state index in [2.05, 4.69) is 5.32 Å². The second-order valence-electron chi connectivity index (χ2n) is 3.28. The van der Waals surface area contributed by atoms with Crippen LogP contribution in [0.5, 0.6) is 0 Å². The standard InChI is InChI=1S/C10H15N3O2/c1-12-10(15)3-2-5-13-6-4-9(14)8(11)7-13/h4,6-7H,2-3,5,11H2,1H3,(H,12,15). The van der Waals surface area contributed by atoms with E-state index >= 15 is 0 Å². The third-order valence-electron chi connectivity index (χ3n) is 2.11. The molecular weight excluding hydrogens is 194 g/mol. The lowest BCUT2D eigenvalue weighted by atomic mass is 10.3. The van der Waals surface area contributed by atoms with Crippen LogP contribution >= 0.6 is 0 Å². The maximum Gasteiger partial charge on any atom is 0.219 e. The Morgan fingerprint density at radius 2 is 2.33 bits per heavy atom. The average molecular weight is 209 g/mol. The molecule has 1 rings (SSSR count). The van der Waals surface area contributed by atoms with Crippen LogP contribution in [0.1, 0.15) is 12.8 Å². The molecule has 0 aliphatic heterocycles. The van der Waals surface area contributed by atoms with Crippen LogP contribution in [0.2, 0.25) is 0 Å². The molecule has 0 saturated carbocycles. The first-order chi connectivity index (χ1) is 7.13. The number of nitrogens with two attached hydrogens (primary N) is 1. The van der Waals surface area contributed by atoms with Crippen LogP contribution in [-0.2, 0) is 11.3 Å². The van der Waals surface area contributed by atoms with Crippen molar-refractivity contribution in [2.24, 2.45) is 0 Å². The summed E-state index contributed by atoms with van der Waals surface area (Å²) in [6.45, 7) is 0.678. The zero-order valence-corrected chi connectivity index (χ0v) is 8.69. The molecule has 0 atom stereocenters. The van der Waals surface area contributed by atoms with Gasteiger partial charge in [0, 0.05) is 38.5 Å². The van der Waals surface area contributed by atoms with Crippen LogP contribution in [0, 0.1) is 0 Å². The Hall–Kier alpha value is -1.78. The van der Waals surface area contributed by atoms with Gasteiger partial charge >= 0.3 is 0 Å². The number of anilines is 1. The number of carbonyl (C=O) groups is 1. The van der Waals surface area contributed by atoms with E-state index in [1.54, 1.807) is 24.0 Å². The Balaban J connectivity index is 2.48. The van der Waals surface area contributed by atoms with Gasteiger partial charge in [0.15, 0.2) is 0 Å². The summed E-state index contributed by atoms with van der Waals surface area (Å²) in [7, 11) is 1.61. The number of pyridine rings is 1. The molecule has 1 heterocycles. The van der Waals surface area contributed by atoms with Gasteiger partial charge in [-0.15, -0.1) is 0 Å². The number of aromatic nitrogens is 1. The van der Waals surface area contributed by atoms with Gasteiger partial charge in [0.2, 0.25) is 11.3 Å². The molecule has 0 saturated heterocycles. The fourth-order valence-corrected chi connectivity index (χ4v) is 1.23. The lowest BCUT2D eigenvalue weighted by molar-refractivity contribution is -0.120. The summed E-state index contributed by atoms with van der Waals surface area (Å²) >= 11 is 0. The highest BCUT2D eigenvalue weighted by atomic mass is 16.1. The highest BCUT2D eigenvalue weighted by Crippen LogP contribution is 1.98. The minimum atomic E-state index is -0.169. The zero-order chi connectivity index (χ0) is 11.3. The maximum atomic E-state index is 11.0. The number of hydrogen-bond acceptors (Lipinski definition) is 3. The number of hydrogen-bond donors (Lipinski definition) is 2. The molecule has 1 aromatic heterocycles. The summed E-state index contributed by atoms with van der Waals surface area (Å²) in [6, 6.07) is 1.43. The van der Waals surface area contributed by atoms with E-state index in [0.29, 0.717) is 13.0 Å². The summed E-state index contributed by atoms with van der Waals surface area (Å²) in [6.07, 6.45) is 4.46. The van der Waals surface area contributed by atoms with Crippen molar-refractivity contribution in [2.75, 3.05) is 12.8 Å². The van der Waals surface area contributed by atoms with Crippen molar-refractivity contribution in [1.82, 2.24) is 9.88 Å². The molecule has 0 radical (unpaired) electrons. The Morgan fingerprint density at radius 3 is 2.93 bits per heavy atom. The van der Waals surface area contributed by atoms with Crippen molar-refractivity contribution in [1.29, 1.82) is 0 Å². The summed E-state index contributed by atoms with van der Waals surface area (Å²) in [4.78, 5) is 21.9. The van der Waals surface area contributed by atoms with Crippen LogP contribution in [0.25, 0.3) is 0 Å². The van der Waals surface area contributed by atoms with Gasteiger partial charge in [0.1, 0.15) is 0 Å². The minimum Gasteiger partial charge on any atom is -0.394 e. The van der Waals surface area contributed by atoms with E-state index in [-0.39, 0.29) is 17.0 Å². The van der Waals surface area contributed by atoms with Crippen molar-refractivity contribution < 1.29 is 4.79 Å². The molecule has 0 aromatic carbocycles. The number of nitrogens with one attached hydrogen (secondary N) is 1. The van der Waals surface area contributed by atoms with Gasteiger partial charge < -0.3 is 15.6 Å². The Labute approximate surface area is 87.9 Å². The van der Waals surface area contributed by atoms with Gasteiger partial charge in [-0.2, -0.15) is 0 Å². The van der Waals surface area contributed by atoms with Crippen molar-refractivity contribution >= 4 is 11.6 Å². The SMILES string of the molecule is CNC(=O)CCCn1ccc(=O)c(N)c1. The van der Waals surface area contributed by atoms with Crippen LogP contribution in [0.3, 0.4) is 0 Å². The van der Waals surface area contributed by atoms with Gasteiger partial charge in [-0.3, -0.25) is 9.59 Å². The van der Waals surface area contributed by atoms with Crippen LogP contribution in [0.4, 0.5) is 5.69 Å². The number of aryl methyl sites for hydroxylation is 1. The summed E-state index contributed by atoms with van der Waals surface area (Å²) in [5, 5.41) is 2.55. The third-order valence-corrected chi connectivity index (χ3v) is 2.11. The van der Waals surface area contributed by atoms with E-state index in [1.165, 1.54) is 6.07 Å². The topological polar surface area (TPSA) is 77.1 Å². The maximum absolute atomic E-state index is 11.0. The molecule has 15 heavy (non-hydrogen) atoms. The van der Waals surface area contributed by atoms with Crippen LogP contribution in [0.15, 0.2) is 23.3 Å². The van der Waals surface area contributed by atoms with Gasteiger partial charge in [-0.25, -0.2) is 0 Å². The van der Waals surface area contributed by atoms with Crippen molar-refractivity contribution in [3.63, 3.8) is 0 Å². The molecule has 0 unspecified atom stereocenters. The molecule has 82 valence electrons. The third kappa shape index (κ3) is 3.46. The molecule has 0 spiro atoms. The monoisotopic (exact) mass is 209 g/mol. The summed E-state index contributed by atoms with van der Waals surface area (Å²) in [5.74, 6) is 0.0176. The summed E-state index contributed by atoms with van der Waals surface area (Å²) in [5.41, 5.74) is 5.53. The van der Waals surface area contributed by atoms with Gasteiger partial charge in [-0.05, 0) is 6.42 Å². The van der Waals surface area contributed by atoms with Crippen molar-refractivity contribution in [2.45, 2.75) is 19.4 Å². The van der Waals surface area contributed by atoms with Crippen molar-refractivity contribution in [3.05, 3.63) is 28.7 Å². The second-order valence-corrected chi connectivity index (χ2v) is 3.28. The predicted molar refractivity (Wildman–Crippen MR) is 58.4 cm³/mol. The smallest absolute Gasteiger partial charge is 0.219 e. The Bertz CT molecular complexity index is 398. The largest absolute Gasteiger partial charge is 0.394 e. The van der Waals surface area contributed by atoms with E-state index in [0.717, 1.165) is 6.42 Å². The fourth-order valence-electron chi connectivity index (χ4n) is 1.23. The molecule has 1 amide bonds. The Kier molecular flexibility index (Phi) is 3.91. The lowest BCUT2D eigenvalue weighted by Gasteiger charge is -2.06. The van der Waals surface area contributed by atoms with E-state index in [4.69, 9.17) is 5.73 Å². The lowest BCUT2D eigenvalue weighted by Crippen LogP contribution is -2.18. The van der Waals surface area contributed by atoms with Gasteiger partial charge in [-0.1, -0.05) is 0 Å². The van der Waals surface area contributed by atoms with E-state index in [9.17, 15) is 9.59 Å².